The van der Waals surface area contributed by atoms with E-state index in [1.165, 1.54) is 31.4 Å². The number of ether oxygens (including phenoxy) is 1. The van der Waals surface area contributed by atoms with Crippen molar-refractivity contribution in [1.82, 2.24) is 0 Å². The predicted molar refractivity (Wildman–Crippen MR) is 77.4 cm³/mol. The van der Waals surface area contributed by atoms with Gasteiger partial charge in [0.1, 0.15) is 16.4 Å². The highest BCUT2D eigenvalue weighted by molar-refractivity contribution is 7.87. The Kier molecular flexibility index (Phi) is 4.50. The van der Waals surface area contributed by atoms with Crippen LogP contribution in [0.4, 0.5) is 0 Å². The number of halogens is 1. The number of hydrogen-bond donors (Lipinski definition) is 0. The number of carbonyl (C=O) groups is 1. The van der Waals surface area contributed by atoms with Gasteiger partial charge in [-0.1, -0.05) is 18.2 Å². The van der Waals surface area contributed by atoms with Crippen molar-refractivity contribution in [3.05, 3.63) is 54.1 Å². The van der Waals surface area contributed by atoms with Crippen molar-refractivity contribution in [2.45, 2.75) is 4.90 Å². The molecular formula is C14H11ClO5S. The second kappa shape index (κ2) is 6.15. The normalized spacial score (nSPS) is 11.0. The summed E-state index contributed by atoms with van der Waals surface area (Å²) in [4.78, 5) is 11.1. The summed E-state index contributed by atoms with van der Waals surface area (Å²) in [5, 5.41) is -0.816. The molecule has 0 unspecified atom stereocenters. The first kappa shape index (κ1) is 15.3. The van der Waals surface area contributed by atoms with Gasteiger partial charge in [-0.2, -0.15) is 8.42 Å². The molecule has 110 valence electrons. The molecule has 0 radical (unpaired) electrons. The molecular weight excluding hydrogens is 316 g/mol. The summed E-state index contributed by atoms with van der Waals surface area (Å²) >= 11 is 5.41. The molecule has 0 amide bonds. The van der Waals surface area contributed by atoms with Crippen LogP contribution in [0.25, 0.3) is 0 Å². The first-order valence-corrected chi connectivity index (χ1v) is 7.60. The molecule has 21 heavy (non-hydrogen) atoms. The summed E-state index contributed by atoms with van der Waals surface area (Å²) in [6.07, 6.45) is 0. The molecule has 0 atom stereocenters. The molecule has 0 saturated heterocycles. The van der Waals surface area contributed by atoms with Crippen LogP contribution in [-0.2, 0) is 10.1 Å². The van der Waals surface area contributed by atoms with Gasteiger partial charge in [0, 0.05) is 0 Å². The highest BCUT2D eigenvalue weighted by atomic mass is 35.5. The Labute approximate surface area is 127 Å². The molecule has 0 aromatic heterocycles. The highest BCUT2D eigenvalue weighted by Crippen LogP contribution is 2.26. The Hall–Kier alpha value is -2.05. The average Bonchev–Trinajstić information content (AvgIpc) is 2.47. The predicted octanol–water partition coefficient (Wildman–Crippen LogP) is 2.84. The van der Waals surface area contributed by atoms with E-state index in [0.717, 1.165) is 6.07 Å². The SMILES string of the molecule is COc1ccc(S(=O)(=O)Oc2ccccc2)cc1C(=O)Cl. The quantitative estimate of drug-likeness (QED) is 0.624. The van der Waals surface area contributed by atoms with Crippen LogP contribution in [0.5, 0.6) is 11.5 Å². The summed E-state index contributed by atoms with van der Waals surface area (Å²) in [7, 11) is -2.71. The van der Waals surface area contributed by atoms with Gasteiger partial charge in [0.05, 0.1) is 12.7 Å². The first-order chi connectivity index (χ1) is 9.94. The van der Waals surface area contributed by atoms with E-state index in [1.807, 2.05) is 0 Å². The maximum absolute atomic E-state index is 12.2. The third-order valence-corrected chi connectivity index (χ3v) is 4.07. The summed E-state index contributed by atoms with van der Waals surface area (Å²) in [5.41, 5.74) is -0.0445. The molecule has 2 aromatic carbocycles. The van der Waals surface area contributed by atoms with Crippen LogP contribution >= 0.6 is 11.6 Å². The van der Waals surface area contributed by atoms with Crippen molar-refractivity contribution in [2.75, 3.05) is 7.11 Å². The molecule has 0 aliphatic rings. The Morgan fingerprint density at radius 1 is 1.10 bits per heavy atom. The van der Waals surface area contributed by atoms with E-state index in [0.29, 0.717) is 0 Å². The van der Waals surface area contributed by atoms with Gasteiger partial charge < -0.3 is 8.92 Å². The number of methoxy groups -OCH3 is 1. The Bertz CT molecular complexity index is 756. The van der Waals surface area contributed by atoms with E-state index < -0.39 is 15.4 Å². The Morgan fingerprint density at radius 2 is 1.76 bits per heavy atom. The van der Waals surface area contributed by atoms with E-state index in [-0.39, 0.29) is 22.0 Å². The van der Waals surface area contributed by atoms with Crippen LogP contribution in [0.3, 0.4) is 0 Å². The molecule has 2 rings (SSSR count). The lowest BCUT2D eigenvalue weighted by Gasteiger charge is -2.09. The molecule has 0 fully saturated rings. The average molecular weight is 327 g/mol. The van der Waals surface area contributed by atoms with Crippen molar-refractivity contribution in [2.24, 2.45) is 0 Å². The lowest BCUT2D eigenvalue weighted by molar-refractivity contribution is 0.107. The summed E-state index contributed by atoms with van der Waals surface area (Å²) in [6, 6.07) is 11.8. The fraction of sp³-hybridized carbons (Fsp3) is 0.0714. The molecule has 0 bridgehead atoms. The molecule has 5 nitrogen and oxygen atoms in total. The maximum Gasteiger partial charge on any atom is 0.339 e. The van der Waals surface area contributed by atoms with Crippen LogP contribution in [0, 0.1) is 0 Å². The molecule has 0 N–H and O–H groups in total. The van der Waals surface area contributed by atoms with Crippen LogP contribution in [0.15, 0.2) is 53.4 Å². The molecule has 0 aliphatic carbocycles. The van der Waals surface area contributed by atoms with Gasteiger partial charge in [-0.25, -0.2) is 0 Å². The highest BCUT2D eigenvalue weighted by Gasteiger charge is 2.20. The van der Waals surface area contributed by atoms with Crippen molar-refractivity contribution < 1.29 is 22.1 Å². The fourth-order valence-electron chi connectivity index (χ4n) is 1.65. The standard InChI is InChI=1S/C14H11ClO5S/c1-19-13-8-7-11(9-12(13)14(15)16)21(17,18)20-10-5-3-2-4-6-10/h2-9H,1H3. The van der Waals surface area contributed by atoms with Gasteiger partial charge in [-0.05, 0) is 41.9 Å². The molecule has 7 heteroatoms. The van der Waals surface area contributed by atoms with Crippen molar-refractivity contribution in [3.63, 3.8) is 0 Å². The zero-order valence-electron chi connectivity index (χ0n) is 10.9. The van der Waals surface area contributed by atoms with Crippen LogP contribution in [0.1, 0.15) is 10.4 Å². The maximum atomic E-state index is 12.2. The smallest absolute Gasteiger partial charge is 0.339 e. The summed E-state index contributed by atoms with van der Waals surface area (Å²) < 4.78 is 34.2. The third-order valence-electron chi connectivity index (χ3n) is 2.62. The van der Waals surface area contributed by atoms with Gasteiger partial charge in [-0.15, -0.1) is 0 Å². The number of para-hydroxylation sites is 1. The van der Waals surface area contributed by atoms with Crippen molar-refractivity contribution in [1.29, 1.82) is 0 Å². The van der Waals surface area contributed by atoms with E-state index in [1.54, 1.807) is 18.2 Å². The van der Waals surface area contributed by atoms with E-state index >= 15 is 0 Å². The summed E-state index contributed by atoms with van der Waals surface area (Å²) in [6.45, 7) is 0. The molecule has 2 aromatic rings. The van der Waals surface area contributed by atoms with Crippen molar-refractivity contribution in [3.8, 4) is 11.5 Å². The van der Waals surface area contributed by atoms with Gasteiger partial charge in [-0.3, -0.25) is 4.79 Å². The fourth-order valence-corrected chi connectivity index (χ4v) is 2.75. The van der Waals surface area contributed by atoms with E-state index in [9.17, 15) is 13.2 Å². The lowest BCUT2D eigenvalue weighted by Crippen LogP contribution is -2.10. The van der Waals surface area contributed by atoms with Crippen molar-refractivity contribution >= 4 is 27.0 Å². The first-order valence-electron chi connectivity index (χ1n) is 5.81. The third kappa shape index (κ3) is 3.53. The topological polar surface area (TPSA) is 69.7 Å². The number of hydrogen-bond acceptors (Lipinski definition) is 5. The zero-order chi connectivity index (χ0) is 15.5. The molecule has 0 saturated carbocycles. The van der Waals surface area contributed by atoms with Crippen LogP contribution in [-0.4, -0.2) is 20.8 Å². The molecule has 0 spiro atoms. The lowest BCUT2D eigenvalue weighted by atomic mass is 10.2. The monoisotopic (exact) mass is 326 g/mol. The number of rotatable bonds is 5. The van der Waals surface area contributed by atoms with Gasteiger partial charge in [0.25, 0.3) is 5.24 Å². The van der Waals surface area contributed by atoms with Gasteiger partial charge >= 0.3 is 10.1 Å². The molecule has 0 heterocycles. The number of carbonyl (C=O) groups excluding carboxylic acids is 1. The zero-order valence-corrected chi connectivity index (χ0v) is 12.5. The number of benzene rings is 2. The summed E-state index contributed by atoms with van der Waals surface area (Å²) in [5.74, 6) is 0.362. The minimum atomic E-state index is -4.06. The Morgan fingerprint density at radius 3 is 2.33 bits per heavy atom. The minimum Gasteiger partial charge on any atom is -0.496 e. The second-order valence-electron chi connectivity index (χ2n) is 3.99. The largest absolute Gasteiger partial charge is 0.496 e. The van der Waals surface area contributed by atoms with Crippen LogP contribution in [0.2, 0.25) is 0 Å². The van der Waals surface area contributed by atoms with Crippen LogP contribution < -0.4 is 8.92 Å². The van der Waals surface area contributed by atoms with Gasteiger partial charge in [0.15, 0.2) is 0 Å². The molecule has 0 aliphatic heterocycles. The Balaban J connectivity index is 2.41. The second-order valence-corrected chi connectivity index (χ2v) is 5.88. The minimum absolute atomic E-state index is 0.0445. The van der Waals surface area contributed by atoms with Gasteiger partial charge in [0.2, 0.25) is 0 Å². The van der Waals surface area contributed by atoms with E-state index in [2.05, 4.69) is 0 Å². The van der Waals surface area contributed by atoms with E-state index in [4.69, 9.17) is 20.5 Å².